The van der Waals surface area contributed by atoms with E-state index in [9.17, 15) is 4.79 Å². The van der Waals surface area contributed by atoms with Crippen LogP contribution in [0.4, 0.5) is 0 Å². The molecule has 0 aromatic heterocycles. The predicted molar refractivity (Wildman–Crippen MR) is 118 cm³/mol. The highest BCUT2D eigenvalue weighted by Gasteiger charge is 2.36. The van der Waals surface area contributed by atoms with Crippen LogP contribution in [0.3, 0.4) is 0 Å². The molecular formula is C25H32N2O3. The van der Waals surface area contributed by atoms with Crippen LogP contribution in [0.25, 0.3) is 0 Å². The summed E-state index contributed by atoms with van der Waals surface area (Å²) in [7, 11) is 3.34. The van der Waals surface area contributed by atoms with Crippen molar-refractivity contribution in [1.29, 1.82) is 0 Å². The van der Waals surface area contributed by atoms with Crippen LogP contribution in [0, 0.1) is 12.8 Å². The molecule has 5 nitrogen and oxygen atoms in total. The number of hydrogen-bond acceptors (Lipinski definition) is 4. The second-order valence-electron chi connectivity index (χ2n) is 8.63. The van der Waals surface area contributed by atoms with Gasteiger partial charge in [0.25, 0.3) is 0 Å². The molecule has 1 fully saturated rings. The number of rotatable bonds is 7. The van der Waals surface area contributed by atoms with E-state index >= 15 is 0 Å². The van der Waals surface area contributed by atoms with Gasteiger partial charge in [-0.25, -0.2) is 0 Å². The van der Waals surface area contributed by atoms with Gasteiger partial charge in [-0.3, -0.25) is 9.69 Å². The van der Waals surface area contributed by atoms with Gasteiger partial charge in [0, 0.05) is 25.0 Å². The average Bonchev–Trinajstić information content (AvgIpc) is 3.59. The lowest BCUT2D eigenvalue weighted by Crippen LogP contribution is -2.47. The van der Waals surface area contributed by atoms with Gasteiger partial charge in [-0.1, -0.05) is 29.8 Å². The number of hydrogen-bond donors (Lipinski definition) is 1. The van der Waals surface area contributed by atoms with E-state index in [1.165, 1.54) is 22.3 Å². The van der Waals surface area contributed by atoms with Crippen molar-refractivity contribution in [3.8, 4) is 11.5 Å². The van der Waals surface area contributed by atoms with Gasteiger partial charge < -0.3 is 14.8 Å². The van der Waals surface area contributed by atoms with Crippen LogP contribution in [0.5, 0.6) is 11.5 Å². The highest BCUT2D eigenvalue weighted by atomic mass is 16.5. The topological polar surface area (TPSA) is 50.8 Å². The molecule has 1 aliphatic carbocycles. The Bertz CT molecular complexity index is 905. The molecule has 2 aromatic carbocycles. The Morgan fingerprint density at radius 2 is 1.80 bits per heavy atom. The monoisotopic (exact) mass is 408 g/mol. The molecule has 0 bridgehead atoms. The summed E-state index contributed by atoms with van der Waals surface area (Å²) in [6, 6.07) is 13.0. The molecule has 2 aliphatic rings. The number of carbonyl (C=O) groups is 1. The molecule has 0 radical (unpaired) electrons. The molecule has 5 heteroatoms. The maximum absolute atomic E-state index is 12.5. The lowest BCUT2D eigenvalue weighted by Gasteiger charge is -2.41. The van der Waals surface area contributed by atoms with E-state index < -0.39 is 0 Å². The number of aryl methyl sites for hydroxylation is 1. The minimum Gasteiger partial charge on any atom is -0.493 e. The summed E-state index contributed by atoms with van der Waals surface area (Å²) in [5, 5.41) is 3.29. The minimum absolute atomic E-state index is 0.000648. The van der Waals surface area contributed by atoms with E-state index in [1.54, 1.807) is 14.2 Å². The van der Waals surface area contributed by atoms with Crippen molar-refractivity contribution in [3.05, 3.63) is 58.7 Å². The van der Waals surface area contributed by atoms with E-state index in [1.807, 2.05) is 0 Å². The SMILES string of the molecule is COc1cc2c(cc1OC)[C@@H]([C@@H](C)NC(=O)C1CC1)N(Cc1ccc(C)cc1)CC2. The zero-order valence-corrected chi connectivity index (χ0v) is 18.4. The summed E-state index contributed by atoms with van der Waals surface area (Å²) in [6.45, 7) is 6.02. The molecule has 4 rings (SSSR count). The molecule has 2 aromatic rings. The number of amides is 1. The Kier molecular flexibility index (Phi) is 6.00. The first-order valence-electron chi connectivity index (χ1n) is 10.8. The van der Waals surface area contributed by atoms with Crippen molar-refractivity contribution in [1.82, 2.24) is 10.2 Å². The van der Waals surface area contributed by atoms with Crippen LogP contribution < -0.4 is 14.8 Å². The van der Waals surface area contributed by atoms with E-state index in [0.29, 0.717) is 0 Å². The molecule has 2 atom stereocenters. The molecule has 1 saturated carbocycles. The highest BCUT2D eigenvalue weighted by Crippen LogP contribution is 2.40. The highest BCUT2D eigenvalue weighted by molar-refractivity contribution is 5.81. The van der Waals surface area contributed by atoms with E-state index in [2.05, 4.69) is 60.5 Å². The Labute approximate surface area is 179 Å². The summed E-state index contributed by atoms with van der Waals surface area (Å²) >= 11 is 0. The summed E-state index contributed by atoms with van der Waals surface area (Å²) in [5.74, 6) is 1.88. The number of carbonyl (C=O) groups excluding carboxylic acids is 1. The molecule has 0 saturated heterocycles. The largest absolute Gasteiger partial charge is 0.493 e. The van der Waals surface area contributed by atoms with Gasteiger partial charge in [-0.2, -0.15) is 0 Å². The molecular weight excluding hydrogens is 376 g/mol. The number of nitrogens with zero attached hydrogens (tertiary/aromatic N) is 1. The molecule has 0 spiro atoms. The number of ether oxygens (including phenoxy) is 2. The van der Waals surface area contributed by atoms with Crippen LogP contribution >= 0.6 is 0 Å². The fraction of sp³-hybridized carbons (Fsp3) is 0.480. The molecule has 0 unspecified atom stereocenters. The Balaban J connectivity index is 1.67. The summed E-state index contributed by atoms with van der Waals surface area (Å²) in [5.41, 5.74) is 5.04. The van der Waals surface area contributed by atoms with Crippen LogP contribution in [0.2, 0.25) is 0 Å². The Morgan fingerprint density at radius 3 is 2.43 bits per heavy atom. The van der Waals surface area contributed by atoms with Crippen molar-refractivity contribution in [3.63, 3.8) is 0 Å². The van der Waals surface area contributed by atoms with Crippen LogP contribution in [-0.2, 0) is 17.8 Å². The predicted octanol–water partition coefficient (Wildman–Crippen LogP) is 4.03. The summed E-state index contributed by atoms with van der Waals surface area (Å²) < 4.78 is 11.1. The Hall–Kier alpha value is -2.53. The molecule has 1 heterocycles. The molecule has 30 heavy (non-hydrogen) atoms. The second-order valence-corrected chi connectivity index (χ2v) is 8.63. The van der Waals surface area contributed by atoms with Crippen LogP contribution in [0.15, 0.2) is 36.4 Å². The normalized spacial score (nSPS) is 19.7. The first-order valence-corrected chi connectivity index (χ1v) is 10.8. The lowest BCUT2D eigenvalue weighted by atomic mass is 9.87. The van der Waals surface area contributed by atoms with Crippen molar-refractivity contribution in [2.75, 3.05) is 20.8 Å². The number of fused-ring (bicyclic) bond motifs is 1. The zero-order valence-electron chi connectivity index (χ0n) is 18.4. The van der Waals surface area contributed by atoms with Gasteiger partial charge in [0.15, 0.2) is 11.5 Å². The maximum Gasteiger partial charge on any atom is 0.223 e. The zero-order chi connectivity index (χ0) is 21.3. The number of benzene rings is 2. The molecule has 1 N–H and O–H groups in total. The average molecular weight is 409 g/mol. The van der Waals surface area contributed by atoms with Gasteiger partial charge >= 0.3 is 0 Å². The maximum atomic E-state index is 12.5. The third kappa shape index (κ3) is 4.31. The standard InChI is InChI=1S/C25H32N2O3/c1-16-5-7-18(8-6-16)15-27-12-11-20-13-22(29-3)23(30-4)14-21(20)24(27)17(2)26-25(28)19-9-10-19/h5-8,13-14,17,19,24H,9-12,15H2,1-4H3,(H,26,28)/t17-,24-/m1/s1. The van der Waals surface area contributed by atoms with Crippen molar-refractivity contribution in [2.24, 2.45) is 5.92 Å². The summed E-state index contributed by atoms with van der Waals surface area (Å²) in [4.78, 5) is 15.0. The third-order valence-electron chi connectivity index (χ3n) is 6.32. The van der Waals surface area contributed by atoms with Crippen LogP contribution in [0.1, 0.15) is 48.1 Å². The first-order chi connectivity index (χ1) is 14.5. The van der Waals surface area contributed by atoms with E-state index in [0.717, 1.165) is 43.9 Å². The molecule has 160 valence electrons. The van der Waals surface area contributed by atoms with Crippen LogP contribution in [-0.4, -0.2) is 37.6 Å². The van der Waals surface area contributed by atoms with E-state index in [-0.39, 0.29) is 23.9 Å². The molecule has 1 amide bonds. The van der Waals surface area contributed by atoms with Crippen molar-refractivity contribution < 1.29 is 14.3 Å². The van der Waals surface area contributed by atoms with Gasteiger partial charge in [0.2, 0.25) is 5.91 Å². The number of nitrogens with one attached hydrogen (secondary N) is 1. The van der Waals surface area contributed by atoms with Gasteiger partial charge in [0.1, 0.15) is 0 Å². The minimum atomic E-state index is 0.000648. The second kappa shape index (κ2) is 8.68. The quantitative estimate of drug-likeness (QED) is 0.752. The lowest BCUT2D eigenvalue weighted by molar-refractivity contribution is -0.123. The van der Waals surface area contributed by atoms with Gasteiger partial charge in [-0.05, 0) is 61.9 Å². The number of methoxy groups -OCH3 is 2. The molecule has 1 aliphatic heterocycles. The fourth-order valence-electron chi connectivity index (χ4n) is 4.49. The fourth-order valence-corrected chi connectivity index (χ4v) is 4.49. The van der Waals surface area contributed by atoms with Gasteiger partial charge in [0.05, 0.1) is 20.3 Å². The summed E-state index contributed by atoms with van der Waals surface area (Å²) in [6.07, 6.45) is 2.97. The van der Waals surface area contributed by atoms with E-state index in [4.69, 9.17) is 9.47 Å². The third-order valence-corrected chi connectivity index (χ3v) is 6.32. The van der Waals surface area contributed by atoms with Crippen molar-refractivity contribution >= 4 is 5.91 Å². The smallest absolute Gasteiger partial charge is 0.223 e. The van der Waals surface area contributed by atoms with Crippen molar-refractivity contribution in [2.45, 2.75) is 51.7 Å². The van der Waals surface area contributed by atoms with Gasteiger partial charge in [-0.15, -0.1) is 0 Å². The first kappa shape index (κ1) is 20.7. The Morgan fingerprint density at radius 1 is 1.13 bits per heavy atom.